The van der Waals surface area contributed by atoms with Crippen LogP contribution < -0.4 is 0 Å². The molecule has 1 aliphatic heterocycles. The van der Waals surface area contributed by atoms with Crippen molar-refractivity contribution >= 4 is 5.97 Å². The van der Waals surface area contributed by atoms with E-state index in [0.29, 0.717) is 6.42 Å². The first-order valence-electron chi connectivity index (χ1n) is 4.21. The predicted octanol–water partition coefficient (Wildman–Crippen LogP) is 2.87. The van der Waals surface area contributed by atoms with Crippen molar-refractivity contribution in [2.75, 3.05) is 0 Å². The molecule has 1 unspecified atom stereocenters. The number of hydrogen-bond acceptors (Lipinski definition) is 1. The Bertz CT molecular complexity index is 172. The summed E-state index contributed by atoms with van der Waals surface area (Å²) < 4.78 is 12.6. The van der Waals surface area contributed by atoms with E-state index >= 15 is 0 Å². The van der Waals surface area contributed by atoms with E-state index in [1.54, 1.807) is 0 Å². The van der Waals surface area contributed by atoms with Gasteiger partial charge in [-0.25, -0.2) is 0 Å². The molecule has 0 saturated carbocycles. The molecule has 1 rings (SSSR count). The highest BCUT2D eigenvalue weighted by atomic mass is 19.1. The van der Waals surface area contributed by atoms with Gasteiger partial charge in [0.25, 0.3) is 0 Å². The van der Waals surface area contributed by atoms with Crippen LogP contribution in [0.5, 0.6) is 0 Å². The third-order valence-corrected chi connectivity index (χ3v) is 1.80. The van der Waals surface area contributed by atoms with E-state index in [1.165, 1.54) is 0 Å². The Hall–Kier alpha value is -0.660. The largest absolute Gasteiger partial charge is 0.254 e. The minimum absolute atomic E-state index is 0.115. The fourth-order valence-electron chi connectivity index (χ4n) is 1.17. The van der Waals surface area contributed by atoms with Gasteiger partial charge in [0.05, 0.1) is 6.04 Å². The van der Waals surface area contributed by atoms with Gasteiger partial charge in [0.2, 0.25) is 0 Å². The predicted molar refractivity (Wildman–Crippen MR) is 45.6 cm³/mol. The van der Waals surface area contributed by atoms with Gasteiger partial charge >= 0.3 is 0 Å². The fraction of sp³-hybridized carbons (Fsp3) is 0.667. The maximum atomic E-state index is 12.6. The molecule has 0 bridgehead atoms. The Morgan fingerprint density at radius 2 is 2.55 bits per heavy atom. The van der Waals surface area contributed by atoms with Gasteiger partial charge in [0.1, 0.15) is 0 Å². The van der Waals surface area contributed by atoms with Gasteiger partial charge in [0, 0.05) is 6.42 Å². The Morgan fingerprint density at radius 3 is 3.18 bits per heavy atom. The summed E-state index contributed by atoms with van der Waals surface area (Å²) in [5.74, 6) is -0.214. The van der Waals surface area contributed by atoms with E-state index in [0.717, 1.165) is 19.3 Å². The average molecular weight is 155 g/mol. The molecule has 2 heteroatoms. The molecule has 1 atom stereocenters. The molecule has 0 spiro atoms. The molecule has 0 fully saturated rings. The molecular weight excluding hydrogens is 141 g/mol. The Kier molecular flexibility index (Phi) is 3.27. The Labute approximate surface area is 67.0 Å². The highest BCUT2D eigenvalue weighted by molar-refractivity contribution is 5.77. The van der Waals surface area contributed by atoms with Crippen molar-refractivity contribution in [2.24, 2.45) is 4.99 Å². The van der Waals surface area contributed by atoms with Crippen molar-refractivity contribution in [3.05, 3.63) is 12.2 Å². The summed E-state index contributed by atoms with van der Waals surface area (Å²) in [7, 11) is 0. The van der Waals surface area contributed by atoms with Gasteiger partial charge in [0.15, 0.2) is 5.97 Å². The number of unbranched alkanes of at least 4 members (excludes halogenated alkanes) is 1. The van der Waals surface area contributed by atoms with Gasteiger partial charge in [-0.15, -0.1) is 0 Å². The van der Waals surface area contributed by atoms with Crippen molar-refractivity contribution in [3.63, 3.8) is 0 Å². The molecule has 1 aliphatic rings. The lowest BCUT2D eigenvalue weighted by molar-refractivity contribution is 0.632. The van der Waals surface area contributed by atoms with Crippen LogP contribution >= 0.6 is 0 Å². The first kappa shape index (κ1) is 8.44. The maximum absolute atomic E-state index is 12.6. The second-order valence-corrected chi connectivity index (χ2v) is 2.85. The highest BCUT2D eigenvalue weighted by Crippen LogP contribution is 2.12. The van der Waals surface area contributed by atoms with Gasteiger partial charge < -0.3 is 0 Å². The number of hydrogen-bond donors (Lipinski definition) is 0. The van der Waals surface area contributed by atoms with Crippen molar-refractivity contribution in [1.29, 1.82) is 0 Å². The second kappa shape index (κ2) is 4.27. The fourth-order valence-corrected chi connectivity index (χ4v) is 1.17. The van der Waals surface area contributed by atoms with Crippen LogP contribution in [-0.2, 0) is 0 Å². The second-order valence-electron chi connectivity index (χ2n) is 2.85. The van der Waals surface area contributed by atoms with E-state index in [2.05, 4.69) is 11.9 Å². The van der Waals surface area contributed by atoms with Crippen molar-refractivity contribution in [1.82, 2.24) is 0 Å². The van der Waals surface area contributed by atoms with Crippen LogP contribution in [0.3, 0.4) is 0 Å². The van der Waals surface area contributed by atoms with Crippen LogP contribution in [0.15, 0.2) is 17.1 Å². The van der Waals surface area contributed by atoms with Crippen molar-refractivity contribution in [2.45, 2.75) is 38.6 Å². The normalized spacial score (nSPS) is 23.5. The van der Waals surface area contributed by atoms with E-state index < -0.39 is 0 Å². The number of halogens is 1. The van der Waals surface area contributed by atoms with E-state index in [-0.39, 0.29) is 12.0 Å². The summed E-state index contributed by atoms with van der Waals surface area (Å²) in [6, 6.07) is 0.115. The highest BCUT2D eigenvalue weighted by Gasteiger charge is 2.07. The first-order chi connectivity index (χ1) is 5.33. The van der Waals surface area contributed by atoms with Crippen LogP contribution in [0.25, 0.3) is 0 Å². The SMILES string of the molecule is CCCCC1C=CCC(F)=N1. The van der Waals surface area contributed by atoms with Crippen molar-refractivity contribution in [3.8, 4) is 0 Å². The number of rotatable bonds is 3. The zero-order chi connectivity index (χ0) is 8.10. The molecule has 0 aromatic carbocycles. The third kappa shape index (κ3) is 2.83. The molecule has 1 nitrogen and oxygen atoms in total. The minimum Gasteiger partial charge on any atom is -0.254 e. The maximum Gasteiger partial charge on any atom is 0.188 e. The Balaban J connectivity index is 2.33. The lowest BCUT2D eigenvalue weighted by Crippen LogP contribution is -2.07. The molecule has 0 N–H and O–H groups in total. The molecule has 1 heterocycles. The van der Waals surface area contributed by atoms with Crippen LogP contribution in [0, 0.1) is 0 Å². The van der Waals surface area contributed by atoms with E-state index in [9.17, 15) is 4.39 Å². The van der Waals surface area contributed by atoms with Gasteiger partial charge in [-0.1, -0.05) is 31.9 Å². The summed E-state index contributed by atoms with van der Waals surface area (Å²) in [5.41, 5.74) is 0. The molecule has 0 aromatic heterocycles. The Morgan fingerprint density at radius 1 is 1.73 bits per heavy atom. The summed E-state index contributed by atoms with van der Waals surface area (Å²) in [6.07, 6.45) is 7.53. The molecule has 0 radical (unpaired) electrons. The van der Waals surface area contributed by atoms with E-state index in [1.807, 2.05) is 12.2 Å². The molecule has 11 heavy (non-hydrogen) atoms. The summed E-state index contributed by atoms with van der Waals surface area (Å²) in [4.78, 5) is 3.88. The molecule has 0 saturated heterocycles. The smallest absolute Gasteiger partial charge is 0.188 e. The molecule has 0 aromatic rings. The van der Waals surface area contributed by atoms with E-state index in [4.69, 9.17) is 0 Å². The number of aliphatic imine (C=N–C) groups is 1. The van der Waals surface area contributed by atoms with Gasteiger partial charge in [-0.05, 0) is 6.42 Å². The molecular formula is C9H14FN. The minimum atomic E-state index is -0.214. The lowest BCUT2D eigenvalue weighted by atomic mass is 10.1. The zero-order valence-electron chi connectivity index (χ0n) is 6.89. The van der Waals surface area contributed by atoms with Crippen LogP contribution in [0.2, 0.25) is 0 Å². The molecule has 62 valence electrons. The quantitative estimate of drug-likeness (QED) is 0.556. The summed E-state index contributed by atoms with van der Waals surface area (Å²) in [6.45, 7) is 2.13. The third-order valence-electron chi connectivity index (χ3n) is 1.80. The zero-order valence-corrected chi connectivity index (χ0v) is 6.89. The van der Waals surface area contributed by atoms with Gasteiger partial charge in [-0.2, -0.15) is 4.39 Å². The molecule has 0 aliphatic carbocycles. The average Bonchev–Trinajstić information content (AvgIpc) is 2.01. The molecule has 0 amide bonds. The van der Waals surface area contributed by atoms with Crippen LogP contribution in [-0.4, -0.2) is 12.0 Å². The summed E-state index contributed by atoms with van der Waals surface area (Å²) >= 11 is 0. The van der Waals surface area contributed by atoms with Crippen LogP contribution in [0.4, 0.5) is 4.39 Å². The number of dihydropyridines is 1. The topological polar surface area (TPSA) is 12.4 Å². The van der Waals surface area contributed by atoms with Crippen molar-refractivity contribution < 1.29 is 4.39 Å². The number of allylic oxidation sites excluding steroid dienone is 1. The van der Waals surface area contributed by atoms with Gasteiger partial charge in [-0.3, -0.25) is 4.99 Å². The number of nitrogens with zero attached hydrogens (tertiary/aromatic N) is 1. The standard InChI is InChI=1S/C9H14FN/c1-2-3-5-8-6-4-7-9(10)11-8/h4,6,8H,2-3,5,7H2,1H3. The first-order valence-corrected chi connectivity index (χ1v) is 4.21. The lowest BCUT2D eigenvalue weighted by Gasteiger charge is -2.10. The monoisotopic (exact) mass is 155 g/mol. The van der Waals surface area contributed by atoms with Crippen LogP contribution in [0.1, 0.15) is 32.6 Å². The summed E-state index contributed by atoms with van der Waals surface area (Å²) in [5, 5.41) is 0.